The maximum atomic E-state index is 14.3. The zero-order valence-electron chi connectivity index (χ0n) is 31.0. The van der Waals surface area contributed by atoms with Gasteiger partial charge in [-0.15, -0.1) is 0 Å². The topological polar surface area (TPSA) is 181 Å². The predicted molar refractivity (Wildman–Crippen MR) is 203 cm³/mol. The number of likely N-dealkylation sites (N-methyl/N-ethyl adjacent to an activating group) is 1. The SMILES string of the molecule is CN(Cc1cc(N)ccc1S(=O)(=O)C1CC1)C(=O)C(Nc1ccc2c(N(C(=O)OC(C)(C)C)C(=O)OC(C)(C)C)nccc2c1)c1cccc(CO)c1. The molecule has 0 bridgehead atoms. The Kier molecular flexibility index (Phi) is 11.1. The number of amides is 3. The Labute approximate surface area is 310 Å². The van der Waals surface area contributed by atoms with E-state index in [4.69, 9.17) is 15.2 Å². The second-order valence-corrected chi connectivity index (χ2v) is 17.3. The number of nitrogens with zero attached hydrogens (tertiary/aromatic N) is 3. The average Bonchev–Trinajstić information content (AvgIpc) is 3.92. The van der Waals surface area contributed by atoms with Crippen LogP contribution in [0.15, 0.2) is 77.8 Å². The van der Waals surface area contributed by atoms with Gasteiger partial charge in [-0.3, -0.25) is 4.79 Å². The molecule has 3 aromatic carbocycles. The van der Waals surface area contributed by atoms with Crippen LogP contribution in [-0.2, 0) is 37.3 Å². The summed E-state index contributed by atoms with van der Waals surface area (Å²) in [5, 5.41) is 13.8. The van der Waals surface area contributed by atoms with Crippen molar-refractivity contribution in [2.45, 2.75) is 94.9 Å². The summed E-state index contributed by atoms with van der Waals surface area (Å²) >= 11 is 0. The number of ether oxygens (including phenoxy) is 2. The largest absolute Gasteiger partial charge is 0.443 e. The van der Waals surface area contributed by atoms with Crippen molar-refractivity contribution in [1.82, 2.24) is 9.88 Å². The summed E-state index contributed by atoms with van der Waals surface area (Å²) in [6.45, 7) is 9.83. The molecule has 5 rings (SSSR count). The summed E-state index contributed by atoms with van der Waals surface area (Å²) in [7, 11) is -1.99. The molecule has 3 amide bonds. The molecule has 1 unspecified atom stereocenters. The summed E-state index contributed by atoms with van der Waals surface area (Å²) in [5.74, 6) is -0.381. The molecule has 14 heteroatoms. The maximum Gasteiger partial charge on any atom is 0.425 e. The van der Waals surface area contributed by atoms with Gasteiger partial charge in [-0.1, -0.05) is 24.3 Å². The summed E-state index contributed by atoms with van der Waals surface area (Å²) < 4.78 is 37.7. The molecule has 1 aliphatic rings. The van der Waals surface area contributed by atoms with Crippen LogP contribution in [0.5, 0.6) is 0 Å². The van der Waals surface area contributed by atoms with E-state index in [1.54, 1.807) is 109 Å². The molecule has 0 saturated heterocycles. The molecule has 53 heavy (non-hydrogen) atoms. The van der Waals surface area contributed by atoms with Gasteiger partial charge < -0.3 is 30.5 Å². The molecule has 0 spiro atoms. The molecular formula is C39H47N5O8S. The maximum absolute atomic E-state index is 14.3. The van der Waals surface area contributed by atoms with Gasteiger partial charge in [-0.2, -0.15) is 4.90 Å². The molecule has 4 aromatic rings. The first-order valence-corrected chi connectivity index (χ1v) is 18.8. The molecule has 1 aromatic heterocycles. The lowest BCUT2D eigenvalue weighted by molar-refractivity contribution is -0.131. The fourth-order valence-corrected chi connectivity index (χ4v) is 7.59. The lowest BCUT2D eigenvalue weighted by Gasteiger charge is -2.28. The second-order valence-electron chi connectivity index (χ2n) is 15.2. The summed E-state index contributed by atoms with van der Waals surface area (Å²) in [4.78, 5) is 47.9. The van der Waals surface area contributed by atoms with Gasteiger partial charge in [0.25, 0.3) is 0 Å². The van der Waals surface area contributed by atoms with Crippen molar-refractivity contribution in [2.75, 3.05) is 23.0 Å². The molecule has 1 heterocycles. The molecule has 282 valence electrons. The number of hydrogen-bond donors (Lipinski definition) is 3. The number of nitrogens with one attached hydrogen (secondary N) is 1. The van der Waals surface area contributed by atoms with E-state index in [0.717, 1.165) is 4.90 Å². The molecular weight excluding hydrogens is 699 g/mol. The Balaban J connectivity index is 1.51. The van der Waals surface area contributed by atoms with E-state index in [1.165, 1.54) is 17.2 Å². The fourth-order valence-electron chi connectivity index (χ4n) is 5.73. The molecule has 0 aliphatic heterocycles. The number of carbonyl (C=O) groups is 3. The third-order valence-corrected chi connectivity index (χ3v) is 10.6. The second kappa shape index (κ2) is 15.0. The quantitative estimate of drug-likeness (QED) is 0.146. The van der Waals surface area contributed by atoms with Crippen molar-refractivity contribution < 1.29 is 37.4 Å². The van der Waals surface area contributed by atoms with Crippen LogP contribution in [0.2, 0.25) is 0 Å². The van der Waals surface area contributed by atoms with Crippen molar-refractivity contribution in [1.29, 1.82) is 0 Å². The van der Waals surface area contributed by atoms with Gasteiger partial charge >= 0.3 is 12.2 Å². The van der Waals surface area contributed by atoms with E-state index in [1.807, 2.05) is 0 Å². The highest BCUT2D eigenvalue weighted by molar-refractivity contribution is 7.92. The Morgan fingerprint density at radius 3 is 2.21 bits per heavy atom. The molecule has 1 atom stereocenters. The van der Waals surface area contributed by atoms with Gasteiger partial charge in [0.15, 0.2) is 15.7 Å². The number of imide groups is 1. The van der Waals surface area contributed by atoms with Crippen molar-refractivity contribution in [3.63, 3.8) is 0 Å². The van der Waals surface area contributed by atoms with Crippen LogP contribution in [-0.4, -0.2) is 65.0 Å². The Bertz CT molecular complexity index is 2110. The van der Waals surface area contributed by atoms with E-state index in [0.29, 0.717) is 51.7 Å². The van der Waals surface area contributed by atoms with Crippen LogP contribution in [0, 0.1) is 0 Å². The number of nitrogens with two attached hydrogens (primary N) is 1. The fraction of sp³-hybridized carbons (Fsp3) is 0.385. The van der Waals surface area contributed by atoms with E-state index in [2.05, 4.69) is 10.3 Å². The highest BCUT2D eigenvalue weighted by Crippen LogP contribution is 2.36. The van der Waals surface area contributed by atoms with Gasteiger partial charge in [0.05, 0.1) is 16.8 Å². The highest BCUT2D eigenvalue weighted by atomic mass is 32.2. The summed E-state index contributed by atoms with van der Waals surface area (Å²) in [6.07, 6.45) is 0.720. The number of nitrogen functional groups attached to an aromatic ring is 1. The van der Waals surface area contributed by atoms with E-state index in [9.17, 15) is 27.9 Å². The molecule has 0 radical (unpaired) electrons. The van der Waals surface area contributed by atoms with E-state index < -0.39 is 44.5 Å². The lowest BCUT2D eigenvalue weighted by Crippen LogP contribution is -2.44. The van der Waals surface area contributed by atoms with Crippen LogP contribution in [0.25, 0.3) is 10.8 Å². The lowest BCUT2D eigenvalue weighted by atomic mass is 10.0. The molecule has 1 aliphatic carbocycles. The molecule has 4 N–H and O–H groups in total. The number of carbonyl (C=O) groups excluding carboxylic acids is 3. The van der Waals surface area contributed by atoms with Gasteiger partial charge in [-0.25, -0.2) is 23.0 Å². The Morgan fingerprint density at radius 1 is 0.943 bits per heavy atom. The third-order valence-electron chi connectivity index (χ3n) is 8.27. The summed E-state index contributed by atoms with van der Waals surface area (Å²) in [6, 6.07) is 17.4. The number of pyridine rings is 1. The Hall–Kier alpha value is -5.21. The van der Waals surface area contributed by atoms with Crippen molar-refractivity contribution in [3.05, 3.63) is 89.6 Å². The molecule has 1 saturated carbocycles. The number of benzene rings is 3. The number of fused-ring (bicyclic) bond motifs is 1. The van der Waals surface area contributed by atoms with E-state index in [-0.39, 0.29) is 29.8 Å². The number of hydrogen-bond acceptors (Lipinski definition) is 11. The zero-order valence-corrected chi connectivity index (χ0v) is 31.9. The number of aliphatic hydroxyl groups is 1. The normalized spacial score (nSPS) is 14.0. The van der Waals surface area contributed by atoms with Crippen molar-refractivity contribution in [2.24, 2.45) is 0 Å². The zero-order chi connectivity index (χ0) is 38.9. The highest BCUT2D eigenvalue weighted by Gasteiger charge is 2.39. The molecule has 13 nitrogen and oxygen atoms in total. The summed E-state index contributed by atoms with van der Waals surface area (Å²) in [5.41, 5.74) is 6.70. The molecule has 1 fully saturated rings. The Morgan fingerprint density at radius 2 is 1.60 bits per heavy atom. The minimum Gasteiger partial charge on any atom is -0.443 e. The van der Waals surface area contributed by atoms with Crippen LogP contribution >= 0.6 is 0 Å². The van der Waals surface area contributed by atoms with Crippen molar-refractivity contribution in [3.8, 4) is 0 Å². The van der Waals surface area contributed by atoms with Gasteiger partial charge in [0, 0.05) is 36.6 Å². The minimum atomic E-state index is -3.58. The first kappa shape index (κ1) is 39.0. The smallest absolute Gasteiger partial charge is 0.425 e. The van der Waals surface area contributed by atoms with Gasteiger partial charge in [0.2, 0.25) is 5.91 Å². The monoisotopic (exact) mass is 745 g/mol. The number of aromatic nitrogens is 1. The number of aliphatic hydroxyl groups excluding tert-OH is 1. The van der Waals surface area contributed by atoms with Crippen LogP contribution in [0.3, 0.4) is 0 Å². The van der Waals surface area contributed by atoms with Gasteiger partial charge in [-0.05, 0) is 119 Å². The average molecular weight is 746 g/mol. The van der Waals surface area contributed by atoms with E-state index >= 15 is 0 Å². The van der Waals surface area contributed by atoms with Crippen LogP contribution in [0.4, 0.5) is 26.8 Å². The minimum absolute atomic E-state index is 0.000329. The first-order valence-electron chi connectivity index (χ1n) is 17.3. The number of sulfone groups is 1. The van der Waals surface area contributed by atoms with Gasteiger partial charge in [0.1, 0.15) is 17.2 Å². The number of anilines is 3. The van der Waals surface area contributed by atoms with Crippen LogP contribution in [0.1, 0.15) is 77.1 Å². The predicted octanol–water partition coefficient (Wildman–Crippen LogP) is 6.73. The number of rotatable bonds is 10. The third kappa shape index (κ3) is 9.43. The van der Waals surface area contributed by atoms with Crippen LogP contribution < -0.4 is 16.0 Å². The first-order chi connectivity index (χ1) is 24.8. The standard InChI is InChI=1S/C39H47N5O8S/c1-38(2,3)51-36(47)44(37(48)52-39(4,5)6)34-31-15-12-29(21-25(31)17-18-41-34)42-33(26-10-8-9-24(19-26)23-45)35(46)43(7)22-27-20-28(40)11-16-32(27)53(49,50)30-13-14-30/h8-12,15-21,30,33,42,45H,13-14,22-23,40H2,1-7H3. The van der Waals surface area contributed by atoms with Crippen molar-refractivity contribution >= 4 is 55.9 Å².